The standard InChI is InChI=1S/C26H25Cl2N3O5/c1-36-15-20(14-32)30-12-2-3-22(25(30)34)31-13-21(16-4-8-18(27)9-5-16)23(26(31)35)29-24(33)17-6-10-19(28)11-7-17/h2-12,20-21,23,32H,13-15H2,1H3,(H,29,33)/t20?,21-,23-/m0/s1. The Hall–Kier alpha value is -3.17. The molecular formula is C26H25Cl2N3O5. The monoisotopic (exact) mass is 529 g/mol. The van der Waals surface area contributed by atoms with Crippen molar-refractivity contribution in [2.24, 2.45) is 0 Å². The summed E-state index contributed by atoms with van der Waals surface area (Å²) in [5, 5.41) is 13.6. The number of hydrogen-bond acceptors (Lipinski definition) is 5. The van der Waals surface area contributed by atoms with Gasteiger partial charge < -0.3 is 24.6 Å². The molecule has 1 fully saturated rings. The Labute approximate surface area is 218 Å². The Balaban J connectivity index is 1.70. The Morgan fingerprint density at radius 2 is 1.72 bits per heavy atom. The maximum Gasteiger partial charge on any atom is 0.274 e. The average Bonchev–Trinajstić information content (AvgIpc) is 3.19. The predicted molar refractivity (Wildman–Crippen MR) is 138 cm³/mol. The van der Waals surface area contributed by atoms with Crippen molar-refractivity contribution in [1.82, 2.24) is 9.88 Å². The normalized spacial score (nSPS) is 18.3. The average molecular weight is 530 g/mol. The van der Waals surface area contributed by atoms with Crippen LogP contribution >= 0.6 is 23.2 Å². The van der Waals surface area contributed by atoms with Gasteiger partial charge in [0.15, 0.2) is 0 Å². The fourth-order valence-electron chi connectivity index (χ4n) is 4.35. The van der Waals surface area contributed by atoms with Crippen molar-refractivity contribution in [2.45, 2.75) is 18.0 Å². The third-order valence-corrected chi connectivity index (χ3v) is 6.72. The Morgan fingerprint density at radius 1 is 1.08 bits per heavy atom. The molecule has 0 radical (unpaired) electrons. The maximum absolute atomic E-state index is 13.6. The lowest BCUT2D eigenvalue weighted by molar-refractivity contribution is -0.118. The maximum atomic E-state index is 13.6. The van der Waals surface area contributed by atoms with E-state index >= 15 is 0 Å². The summed E-state index contributed by atoms with van der Waals surface area (Å²) in [7, 11) is 1.48. The van der Waals surface area contributed by atoms with E-state index in [1.807, 2.05) is 0 Å². The number of rotatable bonds is 8. The smallest absolute Gasteiger partial charge is 0.274 e. The highest BCUT2D eigenvalue weighted by atomic mass is 35.5. The lowest BCUT2D eigenvalue weighted by Crippen LogP contribution is -2.44. The minimum atomic E-state index is -0.921. The number of aliphatic hydroxyl groups is 1. The Bertz CT molecular complexity index is 1290. The molecule has 1 aliphatic rings. The SMILES string of the molecule is COCC(CO)n1cccc(N2C[C@@H](c3ccc(Cl)cc3)[C@H](NC(=O)c3ccc(Cl)cc3)C2=O)c1=O. The highest BCUT2D eigenvalue weighted by Gasteiger charge is 2.43. The van der Waals surface area contributed by atoms with Crippen LogP contribution in [0, 0.1) is 0 Å². The minimum Gasteiger partial charge on any atom is -0.394 e. The van der Waals surface area contributed by atoms with Crippen LogP contribution in [0.5, 0.6) is 0 Å². The molecule has 2 aromatic carbocycles. The van der Waals surface area contributed by atoms with E-state index in [4.69, 9.17) is 27.9 Å². The molecule has 0 spiro atoms. The topological polar surface area (TPSA) is 101 Å². The van der Waals surface area contributed by atoms with Crippen molar-refractivity contribution < 1.29 is 19.4 Å². The lowest BCUT2D eigenvalue weighted by atomic mass is 9.94. The summed E-state index contributed by atoms with van der Waals surface area (Å²) in [4.78, 5) is 41.4. The number of carbonyl (C=O) groups excluding carboxylic acids is 2. The number of methoxy groups -OCH3 is 1. The molecule has 0 bridgehead atoms. The van der Waals surface area contributed by atoms with Crippen molar-refractivity contribution in [1.29, 1.82) is 0 Å². The number of hydrogen-bond donors (Lipinski definition) is 2. The van der Waals surface area contributed by atoms with E-state index in [2.05, 4.69) is 5.32 Å². The zero-order chi connectivity index (χ0) is 25.8. The number of nitrogens with zero attached hydrogens (tertiary/aromatic N) is 2. The molecule has 1 aromatic heterocycles. The van der Waals surface area contributed by atoms with Gasteiger partial charge in [-0.15, -0.1) is 0 Å². The summed E-state index contributed by atoms with van der Waals surface area (Å²) < 4.78 is 6.47. The number of anilines is 1. The number of ether oxygens (including phenoxy) is 1. The first-order valence-corrected chi connectivity index (χ1v) is 12.0. The van der Waals surface area contributed by atoms with Crippen molar-refractivity contribution in [3.63, 3.8) is 0 Å². The molecule has 4 rings (SSSR count). The van der Waals surface area contributed by atoms with E-state index < -0.39 is 35.4 Å². The van der Waals surface area contributed by atoms with Crippen LogP contribution < -0.4 is 15.8 Å². The van der Waals surface area contributed by atoms with E-state index in [1.54, 1.807) is 66.9 Å². The summed E-state index contributed by atoms with van der Waals surface area (Å²) in [5.74, 6) is -1.29. The zero-order valence-electron chi connectivity index (χ0n) is 19.4. The molecule has 2 heterocycles. The number of benzene rings is 2. The van der Waals surface area contributed by atoms with Gasteiger partial charge in [0.05, 0.1) is 19.3 Å². The molecular weight excluding hydrogens is 505 g/mol. The summed E-state index contributed by atoms with van der Waals surface area (Å²) in [6.45, 7) is -0.0152. The van der Waals surface area contributed by atoms with Gasteiger partial charge in [-0.3, -0.25) is 14.4 Å². The van der Waals surface area contributed by atoms with Crippen LogP contribution in [-0.2, 0) is 9.53 Å². The van der Waals surface area contributed by atoms with Gasteiger partial charge in [-0.05, 0) is 54.1 Å². The number of carbonyl (C=O) groups is 2. The van der Waals surface area contributed by atoms with Gasteiger partial charge >= 0.3 is 0 Å². The number of nitrogens with one attached hydrogen (secondary N) is 1. The van der Waals surface area contributed by atoms with Crippen molar-refractivity contribution >= 4 is 40.7 Å². The van der Waals surface area contributed by atoms with E-state index in [1.165, 1.54) is 16.6 Å². The molecule has 188 valence electrons. The molecule has 0 saturated carbocycles. The van der Waals surface area contributed by atoms with Crippen LogP contribution in [0.15, 0.2) is 71.7 Å². The van der Waals surface area contributed by atoms with Gasteiger partial charge in [-0.25, -0.2) is 0 Å². The Kier molecular flexibility index (Phi) is 8.11. The van der Waals surface area contributed by atoms with Gasteiger partial charge in [-0.1, -0.05) is 35.3 Å². The third-order valence-electron chi connectivity index (χ3n) is 6.21. The molecule has 10 heteroatoms. The zero-order valence-corrected chi connectivity index (χ0v) is 20.9. The molecule has 1 aliphatic heterocycles. The first-order chi connectivity index (χ1) is 17.3. The fourth-order valence-corrected chi connectivity index (χ4v) is 4.60. The summed E-state index contributed by atoms with van der Waals surface area (Å²) >= 11 is 12.0. The number of pyridine rings is 1. The first-order valence-electron chi connectivity index (χ1n) is 11.3. The molecule has 36 heavy (non-hydrogen) atoms. The molecule has 1 unspecified atom stereocenters. The highest BCUT2D eigenvalue weighted by Crippen LogP contribution is 2.32. The quantitative estimate of drug-likeness (QED) is 0.466. The van der Waals surface area contributed by atoms with E-state index in [0.29, 0.717) is 15.6 Å². The second-order valence-electron chi connectivity index (χ2n) is 8.46. The van der Waals surface area contributed by atoms with E-state index in [9.17, 15) is 19.5 Å². The van der Waals surface area contributed by atoms with E-state index in [0.717, 1.165) is 5.56 Å². The minimum absolute atomic E-state index is 0.126. The first kappa shape index (κ1) is 25.9. The fraction of sp³-hybridized carbons (Fsp3) is 0.269. The van der Waals surface area contributed by atoms with Crippen LogP contribution in [0.4, 0.5) is 5.69 Å². The summed E-state index contributed by atoms with van der Waals surface area (Å²) in [5.41, 5.74) is 0.856. The van der Waals surface area contributed by atoms with Gasteiger partial charge in [0.2, 0.25) is 5.91 Å². The van der Waals surface area contributed by atoms with Gasteiger partial charge in [0.1, 0.15) is 11.7 Å². The second-order valence-corrected chi connectivity index (χ2v) is 9.34. The van der Waals surface area contributed by atoms with Gasteiger partial charge in [0.25, 0.3) is 11.5 Å². The van der Waals surface area contributed by atoms with Gasteiger partial charge in [-0.2, -0.15) is 0 Å². The number of aliphatic hydroxyl groups excluding tert-OH is 1. The van der Waals surface area contributed by atoms with Crippen molar-refractivity contribution in [3.05, 3.63) is 98.4 Å². The summed E-state index contributed by atoms with van der Waals surface area (Å²) in [6, 6.07) is 15.0. The molecule has 2 N–H and O–H groups in total. The molecule has 0 aliphatic carbocycles. The van der Waals surface area contributed by atoms with Crippen molar-refractivity contribution in [2.75, 3.05) is 31.8 Å². The highest BCUT2D eigenvalue weighted by molar-refractivity contribution is 6.30. The largest absolute Gasteiger partial charge is 0.394 e. The van der Waals surface area contributed by atoms with Crippen LogP contribution in [0.3, 0.4) is 0 Å². The molecule has 2 amide bonds. The van der Waals surface area contributed by atoms with Crippen LogP contribution in [0.25, 0.3) is 0 Å². The molecule has 3 atom stereocenters. The van der Waals surface area contributed by atoms with Crippen LogP contribution in [0.2, 0.25) is 10.0 Å². The molecule has 8 nitrogen and oxygen atoms in total. The number of amides is 2. The third kappa shape index (κ3) is 5.32. The number of halogens is 2. The molecule has 1 saturated heterocycles. The second kappa shape index (κ2) is 11.3. The van der Waals surface area contributed by atoms with Crippen molar-refractivity contribution in [3.8, 4) is 0 Å². The lowest BCUT2D eigenvalue weighted by Gasteiger charge is -2.21. The molecule has 3 aromatic rings. The number of aromatic nitrogens is 1. The van der Waals surface area contributed by atoms with Gasteiger partial charge in [0, 0.05) is 41.4 Å². The Morgan fingerprint density at radius 3 is 2.33 bits per heavy atom. The predicted octanol–water partition coefficient (Wildman–Crippen LogP) is 3.26. The van der Waals surface area contributed by atoms with Crippen LogP contribution in [-0.4, -0.2) is 54.4 Å². The van der Waals surface area contributed by atoms with E-state index in [-0.39, 0.29) is 25.4 Å². The summed E-state index contributed by atoms with van der Waals surface area (Å²) in [6.07, 6.45) is 1.54. The van der Waals surface area contributed by atoms with Crippen LogP contribution in [0.1, 0.15) is 27.9 Å².